The Morgan fingerprint density at radius 2 is 1.60 bits per heavy atom. The number of nitrogens with one attached hydrogen (secondary N) is 2. The lowest BCUT2D eigenvalue weighted by atomic mass is 10.1. The first-order valence-electron chi connectivity index (χ1n) is 9.11. The number of hydrogen-bond acceptors (Lipinski definition) is 4. The van der Waals surface area contributed by atoms with Crippen molar-refractivity contribution in [1.82, 2.24) is 5.32 Å². The van der Waals surface area contributed by atoms with E-state index in [-0.39, 0.29) is 27.9 Å². The van der Waals surface area contributed by atoms with E-state index in [1.165, 1.54) is 31.4 Å². The minimum Gasteiger partial charge on any atom is -0.467 e. The molecule has 0 saturated heterocycles. The number of carbonyl (C=O) groups excluding carboxylic acids is 3. The Morgan fingerprint density at radius 3 is 2.17 bits per heavy atom. The molecular weight excluding hydrogens is 427 g/mol. The van der Waals surface area contributed by atoms with E-state index < -0.39 is 17.9 Å². The molecule has 158 valence electrons. The van der Waals surface area contributed by atoms with Crippen LogP contribution in [0.5, 0.6) is 0 Å². The van der Waals surface area contributed by atoms with E-state index in [1.54, 1.807) is 6.07 Å². The van der Waals surface area contributed by atoms with Crippen molar-refractivity contribution < 1.29 is 19.1 Å². The molecule has 0 fully saturated rings. The lowest BCUT2D eigenvalue weighted by molar-refractivity contribution is -0.142. The van der Waals surface area contributed by atoms with Crippen LogP contribution >= 0.6 is 23.2 Å². The number of carbonyl (C=O) groups is 3. The quantitative estimate of drug-likeness (QED) is 0.483. The molecule has 0 saturated carbocycles. The number of amides is 2. The van der Waals surface area contributed by atoms with Crippen molar-refractivity contribution in [2.45, 2.75) is 26.3 Å². The molecule has 30 heavy (non-hydrogen) atoms. The molecule has 8 heteroatoms. The van der Waals surface area contributed by atoms with E-state index in [0.29, 0.717) is 0 Å². The minimum absolute atomic E-state index is 0.0423. The van der Waals surface area contributed by atoms with Crippen LogP contribution in [0.1, 0.15) is 27.9 Å². The van der Waals surface area contributed by atoms with Gasteiger partial charge < -0.3 is 15.4 Å². The first-order chi connectivity index (χ1) is 14.2. The van der Waals surface area contributed by atoms with E-state index in [1.807, 2.05) is 32.0 Å². The molecule has 2 N–H and O–H groups in total. The van der Waals surface area contributed by atoms with Crippen LogP contribution in [0.25, 0.3) is 0 Å². The summed E-state index contributed by atoms with van der Waals surface area (Å²) in [5, 5.41) is 5.67. The second kappa shape index (κ2) is 10.8. The first kappa shape index (κ1) is 23.4. The predicted molar refractivity (Wildman–Crippen MR) is 118 cm³/mol. The maximum Gasteiger partial charge on any atom is 0.328 e. The molecule has 0 unspecified atom stereocenters. The molecule has 0 heterocycles. The van der Waals surface area contributed by atoms with E-state index >= 15 is 0 Å². The Labute approximate surface area is 185 Å². The van der Waals surface area contributed by atoms with Crippen LogP contribution in [0.4, 0.5) is 5.69 Å². The molecular formula is C22H22Cl2N2O4. The van der Waals surface area contributed by atoms with E-state index in [9.17, 15) is 14.4 Å². The van der Waals surface area contributed by atoms with Gasteiger partial charge in [0, 0.05) is 5.69 Å². The zero-order valence-electron chi connectivity index (χ0n) is 16.8. The average molecular weight is 449 g/mol. The molecule has 1 atom stereocenters. The number of halogens is 2. The Bertz CT molecular complexity index is 949. The Hall–Kier alpha value is -2.83. The molecule has 2 amide bonds. The van der Waals surface area contributed by atoms with Crippen LogP contribution in [-0.4, -0.2) is 30.9 Å². The van der Waals surface area contributed by atoms with Gasteiger partial charge in [0.15, 0.2) is 0 Å². The second-order valence-corrected chi connectivity index (χ2v) is 7.35. The molecule has 0 bridgehead atoms. The number of benzene rings is 2. The van der Waals surface area contributed by atoms with Gasteiger partial charge in [-0.1, -0.05) is 53.5 Å². The Kier molecular flexibility index (Phi) is 8.45. The molecule has 0 aliphatic heterocycles. The molecule has 6 nitrogen and oxygen atoms in total. The number of ether oxygens (including phenoxy) is 1. The molecule has 2 aromatic rings. The molecule has 0 spiro atoms. The maximum atomic E-state index is 12.5. The van der Waals surface area contributed by atoms with Crippen LogP contribution in [0.15, 0.2) is 48.6 Å². The summed E-state index contributed by atoms with van der Waals surface area (Å²) in [6, 6.07) is 9.34. The average Bonchev–Trinajstić information content (AvgIpc) is 2.69. The van der Waals surface area contributed by atoms with Gasteiger partial charge in [0.05, 0.1) is 22.7 Å². The molecule has 0 radical (unpaired) electrons. The first-order valence-corrected chi connectivity index (χ1v) is 9.86. The second-order valence-electron chi connectivity index (χ2n) is 6.54. The number of hydrogen-bond donors (Lipinski definition) is 2. The van der Waals surface area contributed by atoms with Crippen molar-refractivity contribution in [2.75, 3.05) is 12.4 Å². The molecule has 0 aromatic heterocycles. The number of aryl methyl sites for hydroxylation is 2. The van der Waals surface area contributed by atoms with Gasteiger partial charge in [0.25, 0.3) is 5.91 Å². The van der Waals surface area contributed by atoms with Crippen LogP contribution in [0.3, 0.4) is 0 Å². The standard InChI is InChI=1S/C22H22Cl2N2O4/c1-13-7-4-8-14(2)20(13)26-18(27)12-6-11-17(22(29)30-3)25-21(28)19-15(23)9-5-10-16(19)24/h4-10,12,17H,11H2,1-3H3,(H,25,28)(H,26,27)/b12-6-/t17-/m0/s1. The van der Waals surface area contributed by atoms with E-state index in [4.69, 9.17) is 27.9 Å². The van der Waals surface area contributed by atoms with Gasteiger partial charge >= 0.3 is 5.97 Å². The van der Waals surface area contributed by atoms with Crippen molar-refractivity contribution in [3.63, 3.8) is 0 Å². The fraction of sp³-hybridized carbons (Fsp3) is 0.227. The van der Waals surface area contributed by atoms with Gasteiger partial charge in [-0.2, -0.15) is 0 Å². The third-order valence-electron chi connectivity index (χ3n) is 4.35. The van der Waals surface area contributed by atoms with Gasteiger partial charge in [-0.15, -0.1) is 0 Å². The lowest BCUT2D eigenvalue weighted by Crippen LogP contribution is -2.41. The largest absolute Gasteiger partial charge is 0.467 e. The summed E-state index contributed by atoms with van der Waals surface area (Å²) in [6.45, 7) is 3.80. The number of anilines is 1. The third kappa shape index (κ3) is 6.08. The fourth-order valence-corrected chi connectivity index (χ4v) is 3.36. The summed E-state index contributed by atoms with van der Waals surface area (Å²) in [5.74, 6) is -1.63. The Morgan fingerprint density at radius 1 is 1.03 bits per heavy atom. The fourth-order valence-electron chi connectivity index (χ4n) is 2.79. The highest BCUT2D eigenvalue weighted by molar-refractivity contribution is 6.39. The number of esters is 1. The summed E-state index contributed by atoms with van der Waals surface area (Å²) in [6.07, 6.45) is 2.83. The minimum atomic E-state index is -1.01. The topological polar surface area (TPSA) is 84.5 Å². The van der Waals surface area contributed by atoms with E-state index in [0.717, 1.165) is 16.8 Å². The number of rotatable bonds is 7. The molecule has 2 rings (SSSR count). The summed E-state index contributed by atoms with van der Waals surface area (Å²) in [7, 11) is 1.21. The van der Waals surface area contributed by atoms with Crippen molar-refractivity contribution >= 4 is 46.7 Å². The van der Waals surface area contributed by atoms with Crippen LogP contribution < -0.4 is 10.6 Å². The normalized spacial score (nSPS) is 11.8. The molecule has 0 aliphatic carbocycles. The number of para-hydroxylation sites is 1. The van der Waals surface area contributed by atoms with Crippen molar-refractivity contribution in [2.24, 2.45) is 0 Å². The summed E-state index contributed by atoms with van der Waals surface area (Å²) >= 11 is 12.1. The van der Waals surface area contributed by atoms with Crippen molar-refractivity contribution in [3.8, 4) is 0 Å². The van der Waals surface area contributed by atoms with Crippen LogP contribution in [0.2, 0.25) is 10.0 Å². The maximum absolute atomic E-state index is 12.5. The van der Waals surface area contributed by atoms with Gasteiger partial charge in [0.1, 0.15) is 6.04 Å². The smallest absolute Gasteiger partial charge is 0.328 e. The highest BCUT2D eigenvalue weighted by Crippen LogP contribution is 2.24. The van der Waals surface area contributed by atoms with Gasteiger partial charge in [-0.25, -0.2) is 4.79 Å². The zero-order valence-corrected chi connectivity index (χ0v) is 18.3. The van der Waals surface area contributed by atoms with Crippen LogP contribution in [0, 0.1) is 13.8 Å². The predicted octanol–water partition coefficient (Wildman–Crippen LogP) is 4.47. The summed E-state index contributed by atoms with van der Waals surface area (Å²) in [5.41, 5.74) is 2.67. The third-order valence-corrected chi connectivity index (χ3v) is 4.98. The molecule has 0 aliphatic rings. The SMILES string of the molecule is COC(=O)[C@H](C/C=C\C(=O)Nc1c(C)cccc1C)NC(=O)c1c(Cl)cccc1Cl. The highest BCUT2D eigenvalue weighted by atomic mass is 35.5. The van der Waals surface area contributed by atoms with Crippen LogP contribution in [-0.2, 0) is 14.3 Å². The summed E-state index contributed by atoms with van der Waals surface area (Å²) < 4.78 is 4.74. The highest BCUT2D eigenvalue weighted by Gasteiger charge is 2.23. The molecule has 2 aromatic carbocycles. The lowest BCUT2D eigenvalue weighted by Gasteiger charge is -2.16. The van der Waals surface area contributed by atoms with Gasteiger partial charge in [-0.3, -0.25) is 9.59 Å². The zero-order chi connectivity index (χ0) is 22.3. The van der Waals surface area contributed by atoms with Gasteiger partial charge in [0.2, 0.25) is 5.91 Å². The summed E-state index contributed by atoms with van der Waals surface area (Å²) in [4.78, 5) is 36.8. The monoisotopic (exact) mass is 448 g/mol. The Balaban J connectivity index is 2.07. The van der Waals surface area contributed by atoms with E-state index in [2.05, 4.69) is 10.6 Å². The number of methoxy groups -OCH3 is 1. The van der Waals surface area contributed by atoms with Gasteiger partial charge in [-0.05, 0) is 49.6 Å². The van der Waals surface area contributed by atoms with Crippen molar-refractivity contribution in [1.29, 1.82) is 0 Å². The van der Waals surface area contributed by atoms with Crippen molar-refractivity contribution in [3.05, 3.63) is 75.3 Å².